The number of hydrogen-bond donors (Lipinski definition) is 0. The molecule has 0 saturated heterocycles. The molecule has 0 bridgehead atoms. The Balaban J connectivity index is 1.33. The minimum absolute atomic E-state index is 0.512. The molecule has 1 aromatic carbocycles. The largest absolute Gasteiger partial charge is 0.429 e. The smallest absolute Gasteiger partial charge is 0.387 e. The van der Waals surface area contributed by atoms with Crippen LogP contribution in [0.5, 0.6) is 5.75 Å². The van der Waals surface area contributed by atoms with Crippen molar-refractivity contribution >= 4 is 0 Å². The van der Waals surface area contributed by atoms with Crippen LogP contribution in [0.25, 0.3) is 0 Å². The SMILES string of the molecule is CC/C=C/CCCCC1CCC(C2CCC(CCc3cc(F)c(OC(F)F)c(F)c3)CC2)CC1. The fourth-order valence-electron chi connectivity index (χ4n) is 6.21. The van der Waals surface area contributed by atoms with Crippen LogP contribution in [0.15, 0.2) is 24.3 Å². The highest BCUT2D eigenvalue weighted by Crippen LogP contribution is 2.43. The molecule has 0 aromatic heterocycles. The summed E-state index contributed by atoms with van der Waals surface area (Å²) in [6, 6.07) is 2.26. The summed E-state index contributed by atoms with van der Waals surface area (Å²) in [4.78, 5) is 0. The van der Waals surface area contributed by atoms with E-state index in [9.17, 15) is 17.6 Å². The topological polar surface area (TPSA) is 9.23 Å². The Bertz CT molecular complexity index is 723. The molecule has 0 aliphatic heterocycles. The maximum absolute atomic E-state index is 14.0. The lowest BCUT2D eigenvalue weighted by atomic mass is 9.68. The van der Waals surface area contributed by atoms with Gasteiger partial charge < -0.3 is 4.74 Å². The van der Waals surface area contributed by atoms with Crippen molar-refractivity contribution in [2.45, 2.75) is 110 Å². The van der Waals surface area contributed by atoms with Gasteiger partial charge in [0, 0.05) is 0 Å². The summed E-state index contributed by atoms with van der Waals surface area (Å²) in [5, 5.41) is 0. The second kappa shape index (κ2) is 14.1. The number of hydrogen-bond acceptors (Lipinski definition) is 1. The summed E-state index contributed by atoms with van der Waals surface area (Å²) in [6.45, 7) is -1.05. The number of aryl methyl sites for hydroxylation is 1. The minimum atomic E-state index is -3.24. The molecule has 0 amide bonds. The molecule has 0 heterocycles. The predicted octanol–water partition coefficient (Wildman–Crippen LogP) is 9.64. The van der Waals surface area contributed by atoms with Crippen LogP contribution >= 0.6 is 0 Å². The van der Waals surface area contributed by atoms with Crippen LogP contribution in [0.4, 0.5) is 17.6 Å². The molecular weight excluding hydrogens is 440 g/mol. The molecule has 192 valence electrons. The third-order valence-corrected chi connectivity index (χ3v) is 8.19. The Morgan fingerprint density at radius 2 is 1.38 bits per heavy atom. The molecule has 0 atom stereocenters. The van der Waals surface area contributed by atoms with E-state index in [2.05, 4.69) is 23.8 Å². The number of allylic oxidation sites excluding steroid dienone is 2. The molecular formula is C29H42F4O. The van der Waals surface area contributed by atoms with E-state index in [1.54, 1.807) is 0 Å². The summed E-state index contributed by atoms with van der Waals surface area (Å²) in [5.41, 5.74) is 0.512. The Kier molecular flexibility index (Phi) is 11.3. The Labute approximate surface area is 203 Å². The summed E-state index contributed by atoms with van der Waals surface area (Å²) in [6.07, 6.45) is 23.0. The maximum atomic E-state index is 14.0. The first-order valence-electron chi connectivity index (χ1n) is 13.5. The molecule has 0 unspecified atom stereocenters. The van der Waals surface area contributed by atoms with Gasteiger partial charge in [-0.3, -0.25) is 0 Å². The van der Waals surface area contributed by atoms with Gasteiger partial charge in [-0.05, 0) is 99.2 Å². The van der Waals surface area contributed by atoms with Crippen molar-refractivity contribution in [3.05, 3.63) is 41.5 Å². The van der Waals surface area contributed by atoms with Crippen LogP contribution < -0.4 is 4.74 Å². The van der Waals surface area contributed by atoms with E-state index < -0.39 is 24.0 Å². The molecule has 1 nitrogen and oxygen atoms in total. The zero-order valence-electron chi connectivity index (χ0n) is 20.7. The van der Waals surface area contributed by atoms with Crippen LogP contribution in [-0.2, 0) is 6.42 Å². The van der Waals surface area contributed by atoms with Gasteiger partial charge in [0.2, 0.25) is 0 Å². The lowest BCUT2D eigenvalue weighted by Gasteiger charge is -2.38. The summed E-state index contributed by atoms with van der Waals surface area (Å²) in [5.74, 6) is 0.148. The Morgan fingerprint density at radius 3 is 1.91 bits per heavy atom. The first-order valence-corrected chi connectivity index (χ1v) is 13.5. The highest BCUT2D eigenvalue weighted by molar-refractivity contribution is 5.31. The quantitative estimate of drug-likeness (QED) is 0.164. The second-order valence-corrected chi connectivity index (χ2v) is 10.5. The number of unbranched alkanes of at least 4 members (excludes halogenated alkanes) is 2. The van der Waals surface area contributed by atoms with Crippen molar-refractivity contribution in [3.8, 4) is 5.75 Å². The van der Waals surface area contributed by atoms with Gasteiger partial charge in [0.25, 0.3) is 0 Å². The third-order valence-electron chi connectivity index (χ3n) is 8.19. The van der Waals surface area contributed by atoms with Crippen molar-refractivity contribution in [2.75, 3.05) is 0 Å². The van der Waals surface area contributed by atoms with Gasteiger partial charge in [-0.25, -0.2) is 8.78 Å². The van der Waals surface area contributed by atoms with Crippen LogP contribution in [0.3, 0.4) is 0 Å². The Hall–Kier alpha value is -1.52. The molecule has 34 heavy (non-hydrogen) atoms. The van der Waals surface area contributed by atoms with E-state index in [4.69, 9.17) is 0 Å². The van der Waals surface area contributed by atoms with Gasteiger partial charge >= 0.3 is 6.61 Å². The van der Waals surface area contributed by atoms with Crippen LogP contribution in [-0.4, -0.2) is 6.61 Å². The van der Waals surface area contributed by atoms with Gasteiger partial charge in [-0.15, -0.1) is 0 Å². The zero-order valence-corrected chi connectivity index (χ0v) is 20.7. The summed E-state index contributed by atoms with van der Waals surface area (Å²) < 4.78 is 56.5. The molecule has 2 fully saturated rings. The van der Waals surface area contributed by atoms with Gasteiger partial charge in [0.05, 0.1) is 0 Å². The van der Waals surface area contributed by atoms with E-state index in [1.807, 2.05) is 0 Å². The molecule has 3 rings (SSSR count). The van der Waals surface area contributed by atoms with Gasteiger partial charge in [-0.1, -0.05) is 57.6 Å². The zero-order chi connectivity index (χ0) is 24.3. The van der Waals surface area contributed by atoms with E-state index in [0.29, 0.717) is 17.9 Å². The number of benzene rings is 1. The van der Waals surface area contributed by atoms with Crippen molar-refractivity contribution < 1.29 is 22.3 Å². The molecule has 0 spiro atoms. The first-order chi connectivity index (χ1) is 16.5. The molecule has 2 saturated carbocycles. The van der Waals surface area contributed by atoms with Crippen molar-refractivity contribution in [3.63, 3.8) is 0 Å². The summed E-state index contributed by atoms with van der Waals surface area (Å²) in [7, 11) is 0. The lowest BCUT2D eigenvalue weighted by molar-refractivity contribution is -0.0546. The second-order valence-electron chi connectivity index (χ2n) is 10.5. The van der Waals surface area contributed by atoms with E-state index in [1.165, 1.54) is 77.0 Å². The van der Waals surface area contributed by atoms with Crippen LogP contribution in [0.2, 0.25) is 0 Å². The lowest BCUT2D eigenvalue weighted by Crippen LogP contribution is -2.26. The molecule has 2 aliphatic carbocycles. The molecule has 0 radical (unpaired) electrons. The number of ether oxygens (including phenoxy) is 1. The molecule has 2 aliphatic rings. The first kappa shape index (κ1) is 27.1. The van der Waals surface area contributed by atoms with E-state index in [0.717, 1.165) is 42.7 Å². The standard InChI is InChI=1S/C29H42F4O/c1-2-3-4-5-6-7-8-21-11-15-24(16-12-21)25-17-13-22(14-18-25)9-10-23-19-26(30)28(27(31)20-23)34-29(32)33/h3-4,19-22,24-25,29H,2,5-18H2,1H3/b4-3+. The fraction of sp³-hybridized carbons (Fsp3) is 0.724. The number of rotatable bonds is 12. The maximum Gasteiger partial charge on any atom is 0.387 e. The number of alkyl halides is 2. The fourth-order valence-corrected chi connectivity index (χ4v) is 6.21. The monoisotopic (exact) mass is 482 g/mol. The normalized spacial score (nSPS) is 25.8. The van der Waals surface area contributed by atoms with E-state index >= 15 is 0 Å². The molecule has 1 aromatic rings. The Morgan fingerprint density at radius 1 is 0.824 bits per heavy atom. The van der Waals surface area contributed by atoms with Crippen molar-refractivity contribution in [2.24, 2.45) is 23.7 Å². The predicted molar refractivity (Wildman–Crippen MR) is 130 cm³/mol. The van der Waals surface area contributed by atoms with Crippen LogP contribution in [0.1, 0.15) is 102 Å². The van der Waals surface area contributed by atoms with Crippen LogP contribution in [0, 0.1) is 35.3 Å². The highest BCUT2D eigenvalue weighted by atomic mass is 19.3. The number of halogens is 4. The summed E-state index contributed by atoms with van der Waals surface area (Å²) >= 11 is 0. The highest BCUT2D eigenvalue weighted by Gasteiger charge is 2.30. The minimum Gasteiger partial charge on any atom is -0.429 e. The van der Waals surface area contributed by atoms with Crippen molar-refractivity contribution in [1.29, 1.82) is 0 Å². The van der Waals surface area contributed by atoms with Gasteiger partial charge in [-0.2, -0.15) is 8.78 Å². The van der Waals surface area contributed by atoms with Gasteiger partial charge in [0.1, 0.15) is 0 Å². The van der Waals surface area contributed by atoms with Gasteiger partial charge in [0.15, 0.2) is 17.4 Å². The average molecular weight is 483 g/mol. The molecule has 5 heteroatoms. The average Bonchev–Trinajstić information content (AvgIpc) is 2.83. The third kappa shape index (κ3) is 8.61. The van der Waals surface area contributed by atoms with Crippen molar-refractivity contribution in [1.82, 2.24) is 0 Å². The molecule has 0 N–H and O–H groups in total. The van der Waals surface area contributed by atoms with E-state index in [-0.39, 0.29) is 0 Å².